The number of rotatable bonds is 4. The molecule has 0 aromatic heterocycles. The molecule has 1 aliphatic rings. The average molecular weight is 273 g/mol. The number of nitrogens with one attached hydrogen (secondary N) is 1. The zero-order valence-electron chi connectivity index (χ0n) is 12.0. The van der Waals surface area contributed by atoms with Crippen molar-refractivity contribution in [1.29, 1.82) is 0 Å². The van der Waals surface area contributed by atoms with Crippen molar-refractivity contribution in [3.63, 3.8) is 0 Å². The zero-order valence-corrected chi connectivity index (χ0v) is 12.0. The van der Waals surface area contributed by atoms with Gasteiger partial charge in [0, 0.05) is 19.0 Å². The van der Waals surface area contributed by atoms with Gasteiger partial charge in [-0.3, -0.25) is 0 Å². The van der Waals surface area contributed by atoms with E-state index in [9.17, 15) is 0 Å². The molecule has 1 aliphatic carbocycles. The van der Waals surface area contributed by atoms with Crippen molar-refractivity contribution in [1.82, 2.24) is 5.32 Å². The summed E-state index contributed by atoms with van der Waals surface area (Å²) >= 11 is 0. The second-order valence-electron chi connectivity index (χ2n) is 5.87. The summed E-state index contributed by atoms with van der Waals surface area (Å²) in [6, 6.07) is 24.0. The fraction of sp³-hybridized carbons (Fsp3) is 0.200. The molecule has 0 radical (unpaired) electrons. The number of hydrogen-bond acceptors (Lipinski definition) is 1. The Balaban J connectivity index is 1.43. The molecule has 0 saturated heterocycles. The van der Waals surface area contributed by atoms with Gasteiger partial charge in [-0.25, -0.2) is 0 Å². The van der Waals surface area contributed by atoms with Crippen molar-refractivity contribution in [2.45, 2.75) is 18.9 Å². The van der Waals surface area contributed by atoms with Crippen molar-refractivity contribution in [3.8, 4) is 0 Å². The van der Waals surface area contributed by atoms with Gasteiger partial charge in [0.1, 0.15) is 0 Å². The Bertz CT molecular complexity index is 770. The van der Waals surface area contributed by atoms with Crippen LogP contribution >= 0.6 is 0 Å². The minimum absolute atomic E-state index is 0.691. The number of hydrogen-bond donors (Lipinski definition) is 1. The van der Waals surface area contributed by atoms with E-state index in [2.05, 4.69) is 72.0 Å². The lowest BCUT2D eigenvalue weighted by molar-refractivity contribution is 0.536. The Labute approximate surface area is 125 Å². The highest BCUT2D eigenvalue weighted by Gasteiger charge is 2.24. The van der Waals surface area contributed by atoms with Gasteiger partial charge in [-0.15, -0.1) is 0 Å². The second kappa shape index (κ2) is 5.34. The highest BCUT2D eigenvalue weighted by molar-refractivity contribution is 5.85. The van der Waals surface area contributed by atoms with E-state index in [1.54, 1.807) is 0 Å². The van der Waals surface area contributed by atoms with E-state index >= 15 is 0 Å². The highest BCUT2D eigenvalue weighted by atomic mass is 14.9. The molecule has 1 unspecified atom stereocenters. The van der Waals surface area contributed by atoms with Crippen molar-refractivity contribution in [2.75, 3.05) is 6.54 Å². The van der Waals surface area contributed by atoms with Crippen LogP contribution < -0.4 is 5.32 Å². The maximum Gasteiger partial charge on any atom is 0.0211 e. The maximum atomic E-state index is 3.64. The third-order valence-electron chi connectivity index (χ3n) is 4.55. The molecule has 0 aliphatic heterocycles. The van der Waals surface area contributed by atoms with Gasteiger partial charge < -0.3 is 5.32 Å². The smallest absolute Gasteiger partial charge is 0.0211 e. The third-order valence-corrected chi connectivity index (χ3v) is 4.55. The molecule has 0 saturated carbocycles. The summed E-state index contributed by atoms with van der Waals surface area (Å²) in [7, 11) is 0. The molecule has 1 heteroatoms. The first kappa shape index (κ1) is 12.6. The molecule has 0 bridgehead atoms. The van der Waals surface area contributed by atoms with E-state index in [-0.39, 0.29) is 0 Å². The van der Waals surface area contributed by atoms with Gasteiger partial charge in [0.2, 0.25) is 0 Å². The molecule has 1 atom stereocenters. The quantitative estimate of drug-likeness (QED) is 0.748. The lowest BCUT2D eigenvalue weighted by atomic mass is 9.77. The van der Waals surface area contributed by atoms with Gasteiger partial charge in [0.15, 0.2) is 0 Å². The van der Waals surface area contributed by atoms with Crippen LogP contribution in [0, 0.1) is 0 Å². The first-order chi connectivity index (χ1) is 10.4. The molecule has 4 rings (SSSR count). The van der Waals surface area contributed by atoms with Crippen LogP contribution in [0.15, 0.2) is 66.7 Å². The fourth-order valence-corrected chi connectivity index (χ4v) is 3.37. The molecular formula is C20H19N. The van der Waals surface area contributed by atoms with E-state index in [4.69, 9.17) is 0 Å². The summed E-state index contributed by atoms with van der Waals surface area (Å²) in [5.74, 6) is 0.691. The molecule has 21 heavy (non-hydrogen) atoms. The minimum atomic E-state index is 0.691. The van der Waals surface area contributed by atoms with E-state index in [1.807, 2.05) is 0 Å². The van der Waals surface area contributed by atoms with Crippen LogP contribution in [0.1, 0.15) is 22.6 Å². The van der Waals surface area contributed by atoms with Gasteiger partial charge in [-0.2, -0.15) is 0 Å². The molecular weight excluding hydrogens is 254 g/mol. The van der Waals surface area contributed by atoms with Crippen LogP contribution in [0.25, 0.3) is 10.8 Å². The Morgan fingerprint density at radius 2 is 1.67 bits per heavy atom. The maximum absolute atomic E-state index is 3.64. The molecule has 1 N–H and O–H groups in total. The van der Waals surface area contributed by atoms with Gasteiger partial charge >= 0.3 is 0 Å². The zero-order chi connectivity index (χ0) is 14.1. The Morgan fingerprint density at radius 1 is 0.857 bits per heavy atom. The van der Waals surface area contributed by atoms with E-state index < -0.39 is 0 Å². The largest absolute Gasteiger partial charge is 0.312 e. The van der Waals surface area contributed by atoms with E-state index in [0.717, 1.165) is 13.1 Å². The predicted octanol–water partition coefficient (Wildman–Crippen LogP) is 4.27. The monoisotopic (exact) mass is 273 g/mol. The summed E-state index contributed by atoms with van der Waals surface area (Å²) < 4.78 is 0. The van der Waals surface area contributed by atoms with Crippen molar-refractivity contribution in [3.05, 3.63) is 83.4 Å². The lowest BCUT2D eigenvalue weighted by Crippen LogP contribution is -2.28. The molecule has 0 spiro atoms. The molecule has 3 aromatic rings. The first-order valence-electron chi connectivity index (χ1n) is 7.67. The van der Waals surface area contributed by atoms with Gasteiger partial charge in [-0.1, -0.05) is 66.7 Å². The fourth-order valence-electron chi connectivity index (χ4n) is 3.37. The van der Waals surface area contributed by atoms with Crippen LogP contribution in [0.2, 0.25) is 0 Å². The summed E-state index contributed by atoms with van der Waals surface area (Å²) in [5.41, 5.74) is 4.44. The summed E-state index contributed by atoms with van der Waals surface area (Å²) in [5, 5.41) is 6.32. The second-order valence-corrected chi connectivity index (χ2v) is 5.87. The van der Waals surface area contributed by atoms with Crippen molar-refractivity contribution >= 4 is 10.8 Å². The molecule has 0 heterocycles. The molecule has 0 amide bonds. The molecule has 3 aromatic carbocycles. The van der Waals surface area contributed by atoms with Crippen molar-refractivity contribution < 1.29 is 0 Å². The Morgan fingerprint density at radius 3 is 2.62 bits per heavy atom. The highest BCUT2D eigenvalue weighted by Crippen LogP contribution is 2.34. The first-order valence-corrected chi connectivity index (χ1v) is 7.67. The number of benzene rings is 3. The third kappa shape index (κ3) is 2.34. The van der Waals surface area contributed by atoms with E-state index in [1.165, 1.54) is 33.9 Å². The Hall–Kier alpha value is -2.12. The topological polar surface area (TPSA) is 12.0 Å². The van der Waals surface area contributed by atoms with Crippen molar-refractivity contribution in [2.24, 2.45) is 0 Å². The van der Waals surface area contributed by atoms with Crippen LogP contribution in [0.5, 0.6) is 0 Å². The van der Waals surface area contributed by atoms with E-state index in [0.29, 0.717) is 5.92 Å². The standard InChI is InChI=1S/C20H19N/c1-3-10-19-15(6-1)8-5-9-17(19)13-21-14-18-12-16-7-2-4-11-20(16)18/h1-11,18,21H,12-14H2. The van der Waals surface area contributed by atoms with Crippen LogP contribution in [-0.2, 0) is 13.0 Å². The average Bonchev–Trinajstić information content (AvgIpc) is 2.52. The summed E-state index contributed by atoms with van der Waals surface area (Å²) in [4.78, 5) is 0. The van der Waals surface area contributed by atoms with Gasteiger partial charge in [0.25, 0.3) is 0 Å². The number of fused-ring (bicyclic) bond motifs is 2. The minimum Gasteiger partial charge on any atom is -0.312 e. The van der Waals surface area contributed by atoms with Crippen LogP contribution in [0.3, 0.4) is 0 Å². The SMILES string of the molecule is c1ccc2c(c1)CC2CNCc1cccc2ccccc12. The summed E-state index contributed by atoms with van der Waals surface area (Å²) in [6.45, 7) is 2.01. The van der Waals surface area contributed by atoms with Crippen LogP contribution in [0.4, 0.5) is 0 Å². The lowest BCUT2D eigenvalue weighted by Gasteiger charge is -2.30. The predicted molar refractivity (Wildman–Crippen MR) is 88.5 cm³/mol. The summed E-state index contributed by atoms with van der Waals surface area (Å²) in [6.07, 6.45) is 1.22. The Kier molecular flexibility index (Phi) is 3.21. The molecule has 1 nitrogen and oxygen atoms in total. The normalized spacial score (nSPS) is 16.5. The van der Waals surface area contributed by atoms with Gasteiger partial charge in [0.05, 0.1) is 0 Å². The van der Waals surface area contributed by atoms with Gasteiger partial charge in [-0.05, 0) is 33.9 Å². The molecule has 0 fully saturated rings. The molecule has 104 valence electrons. The van der Waals surface area contributed by atoms with Crippen LogP contribution in [-0.4, -0.2) is 6.54 Å².